The maximum absolute atomic E-state index is 12.8. The molecule has 1 amide bonds. The first-order valence-corrected chi connectivity index (χ1v) is 10.5. The van der Waals surface area contributed by atoms with Gasteiger partial charge in [0.15, 0.2) is 11.5 Å². The molecule has 1 fully saturated rings. The summed E-state index contributed by atoms with van der Waals surface area (Å²) in [6.07, 6.45) is 7.93. The van der Waals surface area contributed by atoms with E-state index in [-0.39, 0.29) is 11.3 Å². The van der Waals surface area contributed by atoms with Crippen molar-refractivity contribution in [2.45, 2.75) is 59.3 Å². The van der Waals surface area contributed by atoms with Crippen molar-refractivity contribution in [3.8, 4) is 11.5 Å². The number of aromatic nitrogens is 5. The van der Waals surface area contributed by atoms with Gasteiger partial charge in [0, 0.05) is 23.7 Å². The predicted molar refractivity (Wildman–Crippen MR) is 113 cm³/mol. The van der Waals surface area contributed by atoms with Crippen molar-refractivity contribution < 1.29 is 4.79 Å². The SMILES string of the molecule is CN(C(=O)C1(C)CCC1)c1cnc2[nH]c(-c3n[nH]c4c3CCC(C)(C)C4)nc2c1. The summed E-state index contributed by atoms with van der Waals surface area (Å²) < 4.78 is 0. The quantitative estimate of drug-likeness (QED) is 0.704. The van der Waals surface area contributed by atoms with Gasteiger partial charge in [-0.25, -0.2) is 9.97 Å². The standard InChI is InChI=1S/C22H28N6O/c1-21(2)9-6-14-16(11-21)26-27-17(14)19-24-15-10-13(12-23-18(15)25-19)28(4)20(29)22(3)7-5-8-22/h10,12H,5-9,11H2,1-4H3,(H,26,27)(H,23,24,25). The lowest BCUT2D eigenvalue weighted by Gasteiger charge is -2.39. The Morgan fingerprint density at radius 3 is 2.72 bits per heavy atom. The second-order valence-electron chi connectivity index (χ2n) is 9.80. The molecule has 3 aromatic rings. The van der Waals surface area contributed by atoms with Gasteiger partial charge in [0.1, 0.15) is 11.2 Å². The maximum atomic E-state index is 12.8. The number of rotatable bonds is 3. The fourth-order valence-electron chi connectivity index (χ4n) is 4.67. The molecular formula is C22H28N6O. The number of aromatic amines is 2. The van der Waals surface area contributed by atoms with Crippen LogP contribution in [0.2, 0.25) is 0 Å². The molecule has 0 unspecified atom stereocenters. The first-order chi connectivity index (χ1) is 13.8. The lowest BCUT2D eigenvalue weighted by atomic mass is 9.69. The summed E-state index contributed by atoms with van der Waals surface area (Å²) in [5, 5.41) is 7.77. The number of amides is 1. The van der Waals surface area contributed by atoms with E-state index in [0.29, 0.717) is 11.1 Å². The molecule has 2 N–H and O–H groups in total. The number of nitrogens with one attached hydrogen (secondary N) is 2. The topological polar surface area (TPSA) is 90.6 Å². The van der Waals surface area contributed by atoms with Crippen molar-refractivity contribution in [3.63, 3.8) is 0 Å². The molecule has 0 atom stereocenters. The van der Waals surface area contributed by atoms with E-state index in [1.165, 1.54) is 11.3 Å². The molecule has 0 spiro atoms. The number of nitrogens with zero attached hydrogens (tertiary/aromatic N) is 4. The molecule has 5 rings (SSSR count). The van der Waals surface area contributed by atoms with Crippen molar-refractivity contribution in [1.82, 2.24) is 25.1 Å². The molecular weight excluding hydrogens is 364 g/mol. The van der Waals surface area contributed by atoms with Crippen LogP contribution < -0.4 is 4.90 Å². The zero-order valence-electron chi connectivity index (χ0n) is 17.6. The second kappa shape index (κ2) is 6.15. The smallest absolute Gasteiger partial charge is 0.232 e. The average molecular weight is 393 g/mol. The Kier molecular flexibility index (Phi) is 3.89. The average Bonchev–Trinajstić information content (AvgIpc) is 3.26. The minimum atomic E-state index is -0.234. The van der Waals surface area contributed by atoms with E-state index in [4.69, 9.17) is 4.98 Å². The van der Waals surface area contributed by atoms with E-state index < -0.39 is 0 Å². The van der Waals surface area contributed by atoms with Crippen LogP contribution in [0.3, 0.4) is 0 Å². The highest BCUT2D eigenvalue weighted by Crippen LogP contribution is 2.42. The fourth-order valence-corrected chi connectivity index (χ4v) is 4.67. The van der Waals surface area contributed by atoms with Crippen LogP contribution >= 0.6 is 0 Å². The fraction of sp³-hybridized carbons (Fsp3) is 0.545. The van der Waals surface area contributed by atoms with Crippen LogP contribution in [0.25, 0.3) is 22.7 Å². The van der Waals surface area contributed by atoms with Crippen LogP contribution in [0.4, 0.5) is 5.69 Å². The Hall–Kier alpha value is -2.70. The van der Waals surface area contributed by atoms with E-state index in [9.17, 15) is 4.79 Å². The number of H-pyrrole nitrogens is 2. The van der Waals surface area contributed by atoms with Gasteiger partial charge in [-0.3, -0.25) is 9.89 Å². The lowest BCUT2D eigenvalue weighted by Crippen LogP contribution is -2.44. The molecule has 0 aliphatic heterocycles. The van der Waals surface area contributed by atoms with Crippen molar-refractivity contribution in [1.29, 1.82) is 0 Å². The molecule has 0 bridgehead atoms. The van der Waals surface area contributed by atoms with Crippen LogP contribution in [0.15, 0.2) is 12.3 Å². The third-order valence-corrected chi connectivity index (χ3v) is 6.87. The van der Waals surface area contributed by atoms with Crippen molar-refractivity contribution in [3.05, 3.63) is 23.5 Å². The van der Waals surface area contributed by atoms with Gasteiger partial charge in [0.05, 0.1) is 11.9 Å². The summed E-state index contributed by atoms with van der Waals surface area (Å²) in [4.78, 5) is 27.2. The highest BCUT2D eigenvalue weighted by molar-refractivity contribution is 5.98. The monoisotopic (exact) mass is 392 g/mol. The van der Waals surface area contributed by atoms with Crippen LogP contribution in [0.5, 0.6) is 0 Å². The largest absolute Gasteiger partial charge is 0.321 e. The minimum absolute atomic E-state index is 0.157. The Bertz CT molecular complexity index is 1100. The minimum Gasteiger partial charge on any atom is -0.321 e. The van der Waals surface area contributed by atoms with E-state index in [1.54, 1.807) is 11.1 Å². The van der Waals surface area contributed by atoms with E-state index in [2.05, 4.69) is 40.9 Å². The highest BCUT2D eigenvalue weighted by atomic mass is 16.2. The third kappa shape index (κ3) is 2.94. The summed E-state index contributed by atoms with van der Waals surface area (Å²) in [5.41, 5.74) is 5.67. The summed E-state index contributed by atoms with van der Waals surface area (Å²) in [6, 6.07) is 1.93. The van der Waals surface area contributed by atoms with E-state index in [1.807, 2.05) is 13.1 Å². The number of imidazole rings is 1. The number of hydrogen-bond donors (Lipinski definition) is 2. The van der Waals surface area contributed by atoms with Crippen LogP contribution in [0, 0.1) is 10.8 Å². The Balaban J connectivity index is 1.46. The van der Waals surface area contributed by atoms with Crippen LogP contribution in [-0.2, 0) is 17.6 Å². The van der Waals surface area contributed by atoms with Gasteiger partial charge in [-0.15, -0.1) is 0 Å². The Morgan fingerprint density at radius 2 is 2.00 bits per heavy atom. The molecule has 7 nitrogen and oxygen atoms in total. The first kappa shape index (κ1) is 18.3. The summed E-state index contributed by atoms with van der Waals surface area (Å²) >= 11 is 0. The second-order valence-corrected chi connectivity index (χ2v) is 9.80. The van der Waals surface area contributed by atoms with Gasteiger partial charge in [0.2, 0.25) is 5.91 Å². The number of fused-ring (bicyclic) bond motifs is 2. The number of hydrogen-bond acceptors (Lipinski definition) is 4. The zero-order chi connectivity index (χ0) is 20.4. The number of carbonyl (C=O) groups excluding carboxylic acids is 1. The van der Waals surface area contributed by atoms with Gasteiger partial charge >= 0.3 is 0 Å². The third-order valence-electron chi connectivity index (χ3n) is 6.87. The summed E-state index contributed by atoms with van der Waals surface area (Å²) in [7, 11) is 1.83. The van der Waals surface area contributed by atoms with Gasteiger partial charge in [-0.2, -0.15) is 5.10 Å². The van der Waals surface area contributed by atoms with Crippen molar-refractivity contribution >= 4 is 22.8 Å². The number of anilines is 1. The van der Waals surface area contributed by atoms with Crippen LogP contribution in [0.1, 0.15) is 57.7 Å². The predicted octanol–water partition coefficient (Wildman–Crippen LogP) is 4.02. The Morgan fingerprint density at radius 1 is 1.21 bits per heavy atom. The molecule has 1 saturated carbocycles. The molecule has 2 aliphatic carbocycles. The Labute approximate surface area is 170 Å². The van der Waals surface area contributed by atoms with Crippen LogP contribution in [-0.4, -0.2) is 38.1 Å². The molecule has 0 aromatic carbocycles. The van der Waals surface area contributed by atoms with Gasteiger partial charge < -0.3 is 9.88 Å². The lowest BCUT2D eigenvalue weighted by molar-refractivity contribution is -0.131. The normalized spacial score (nSPS) is 19.6. The number of carbonyl (C=O) groups is 1. The molecule has 152 valence electrons. The molecule has 3 heterocycles. The first-order valence-electron chi connectivity index (χ1n) is 10.5. The molecule has 3 aromatic heterocycles. The highest BCUT2D eigenvalue weighted by Gasteiger charge is 2.41. The van der Waals surface area contributed by atoms with Gasteiger partial charge in [0.25, 0.3) is 0 Å². The summed E-state index contributed by atoms with van der Waals surface area (Å²) in [6.45, 7) is 6.64. The molecule has 2 aliphatic rings. The maximum Gasteiger partial charge on any atom is 0.232 e. The van der Waals surface area contributed by atoms with Gasteiger partial charge in [-0.1, -0.05) is 27.2 Å². The van der Waals surface area contributed by atoms with Gasteiger partial charge in [-0.05, 0) is 43.6 Å². The zero-order valence-corrected chi connectivity index (χ0v) is 17.6. The molecule has 7 heteroatoms. The molecule has 0 saturated heterocycles. The van der Waals surface area contributed by atoms with E-state index in [0.717, 1.165) is 61.2 Å². The van der Waals surface area contributed by atoms with Crippen molar-refractivity contribution in [2.75, 3.05) is 11.9 Å². The van der Waals surface area contributed by atoms with E-state index >= 15 is 0 Å². The van der Waals surface area contributed by atoms with Crippen molar-refractivity contribution in [2.24, 2.45) is 10.8 Å². The number of pyridine rings is 1. The summed E-state index contributed by atoms with van der Waals surface area (Å²) in [5.74, 6) is 0.895. The molecule has 0 radical (unpaired) electrons. The molecule has 29 heavy (non-hydrogen) atoms.